The van der Waals surface area contributed by atoms with E-state index in [0.29, 0.717) is 10.0 Å². The molecule has 2 aromatic rings. The summed E-state index contributed by atoms with van der Waals surface area (Å²) in [6.07, 6.45) is 3.61. The Labute approximate surface area is 123 Å². The van der Waals surface area contributed by atoms with Crippen LogP contribution in [0.1, 0.15) is 37.1 Å². The highest BCUT2D eigenvalue weighted by Crippen LogP contribution is 2.26. The van der Waals surface area contributed by atoms with Gasteiger partial charge >= 0.3 is 0 Å². The predicted octanol–water partition coefficient (Wildman–Crippen LogP) is 4.80. The molecule has 1 heterocycles. The summed E-state index contributed by atoms with van der Waals surface area (Å²) in [4.78, 5) is 4.03. The summed E-state index contributed by atoms with van der Waals surface area (Å²) in [5.74, 6) is 0. The molecule has 0 fully saturated rings. The first-order chi connectivity index (χ1) is 9.08. The van der Waals surface area contributed by atoms with Crippen LogP contribution in [0.4, 0.5) is 0 Å². The molecular weight excluding hydrogens is 279 g/mol. The minimum atomic E-state index is 0.193. The topological polar surface area (TPSA) is 24.9 Å². The van der Waals surface area contributed by atoms with E-state index in [-0.39, 0.29) is 12.1 Å². The number of aromatic nitrogens is 1. The number of rotatable bonds is 4. The van der Waals surface area contributed by atoms with Crippen LogP contribution in [-0.2, 0) is 0 Å². The number of hydrogen-bond acceptors (Lipinski definition) is 2. The summed E-state index contributed by atoms with van der Waals surface area (Å²) in [7, 11) is 0. The average molecular weight is 295 g/mol. The zero-order valence-electron chi connectivity index (χ0n) is 10.9. The van der Waals surface area contributed by atoms with E-state index >= 15 is 0 Å². The smallest absolute Gasteiger partial charge is 0.0595 e. The lowest BCUT2D eigenvalue weighted by atomic mass is 10.1. The fraction of sp³-hybridized carbons (Fsp3) is 0.267. The first kappa shape index (κ1) is 14.3. The van der Waals surface area contributed by atoms with Gasteiger partial charge in [0.25, 0.3) is 0 Å². The Morgan fingerprint density at radius 3 is 2.16 bits per heavy atom. The van der Waals surface area contributed by atoms with Crippen LogP contribution in [0.2, 0.25) is 10.0 Å². The van der Waals surface area contributed by atoms with Crippen molar-refractivity contribution < 1.29 is 0 Å². The Balaban J connectivity index is 2.08. The third-order valence-electron chi connectivity index (χ3n) is 3.15. The third kappa shape index (κ3) is 3.69. The van der Waals surface area contributed by atoms with Crippen molar-refractivity contribution in [3.63, 3.8) is 0 Å². The van der Waals surface area contributed by atoms with Crippen LogP contribution in [0.15, 0.2) is 42.7 Å². The number of pyridine rings is 1. The minimum Gasteiger partial charge on any atom is -0.304 e. The molecule has 0 aliphatic carbocycles. The molecule has 2 unspecified atom stereocenters. The lowest BCUT2D eigenvalue weighted by molar-refractivity contribution is 0.494. The molecule has 0 aliphatic rings. The van der Waals surface area contributed by atoms with E-state index in [9.17, 15) is 0 Å². The molecule has 4 heteroatoms. The molecule has 0 bridgehead atoms. The normalized spacial score (nSPS) is 14.1. The van der Waals surface area contributed by atoms with Gasteiger partial charge < -0.3 is 5.32 Å². The summed E-state index contributed by atoms with van der Waals surface area (Å²) in [5.41, 5.74) is 2.33. The summed E-state index contributed by atoms with van der Waals surface area (Å²) in [6, 6.07) is 10.2. The Morgan fingerprint density at radius 1 is 0.895 bits per heavy atom. The van der Waals surface area contributed by atoms with Gasteiger partial charge in [0.1, 0.15) is 0 Å². The maximum Gasteiger partial charge on any atom is 0.0595 e. The molecule has 2 atom stereocenters. The lowest BCUT2D eigenvalue weighted by Crippen LogP contribution is -2.22. The van der Waals surface area contributed by atoms with Crippen molar-refractivity contribution in [2.75, 3.05) is 0 Å². The lowest BCUT2D eigenvalue weighted by Gasteiger charge is -2.21. The fourth-order valence-corrected chi connectivity index (χ4v) is 2.31. The van der Waals surface area contributed by atoms with Crippen molar-refractivity contribution in [3.05, 3.63) is 63.9 Å². The SMILES string of the molecule is CC(NC(C)c1ccc(Cl)c(Cl)c1)c1ccncc1. The van der Waals surface area contributed by atoms with Crippen molar-refractivity contribution in [2.45, 2.75) is 25.9 Å². The second-order valence-corrected chi connectivity index (χ2v) is 5.38. The largest absolute Gasteiger partial charge is 0.304 e. The van der Waals surface area contributed by atoms with E-state index in [1.807, 2.05) is 30.3 Å². The van der Waals surface area contributed by atoms with Gasteiger partial charge in [-0.25, -0.2) is 0 Å². The molecule has 1 aromatic carbocycles. The van der Waals surface area contributed by atoms with Gasteiger partial charge in [0.2, 0.25) is 0 Å². The van der Waals surface area contributed by atoms with Crippen LogP contribution in [0.3, 0.4) is 0 Å². The first-order valence-corrected chi connectivity index (χ1v) is 6.94. The van der Waals surface area contributed by atoms with E-state index in [1.54, 1.807) is 12.4 Å². The van der Waals surface area contributed by atoms with E-state index in [2.05, 4.69) is 24.1 Å². The molecule has 19 heavy (non-hydrogen) atoms. The van der Waals surface area contributed by atoms with Crippen LogP contribution in [0, 0.1) is 0 Å². The van der Waals surface area contributed by atoms with Crippen LogP contribution in [-0.4, -0.2) is 4.98 Å². The highest BCUT2D eigenvalue weighted by atomic mass is 35.5. The number of nitrogens with zero attached hydrogens (tertiary/aromatic N) is 1. The summed E-state index contributed by atoms with van der Waals surface area (Å²) < 4.78 is 0. The molecule has 0 aliphatic heterocycles. The molecule has 0 spiro atoms. The monoisotopic (exact) mass is 294 g/mol. The second-order valence-electron chi connectivity index (χ2n) is 4.56. The van der Waals surface area contributed by atoms with Gasteiger partial charge in [0, 0.05) is 24.5 Å². The maximum absolute atomic E-state index is 6.04. The third-order valence-corrected chi connectivity index (χ3v) is 3.89. The molecule has 1 N–H and O–H groups in total. The zero-order valence-corrected chi connectivity index (χ0v) is 12.4. The molecule has 0 saturated carbocycles. The molecule has 2 rings (SSSR count). The number of hydrogen-bond donors (Lipinski definition) is 1. The molecule has 0 radical (unpaired) electrons. The van der Waals surface area contributed by atoms with Crippen molar-refractivity contribution in [2.24, 2.45) is 0 Å². The molecule has 100 valence electrons. The number of benzene rings is 1. The van der Waals surface area contributed by atoms with Gasteiger partial charge in [-0.1, -0.05) is 29.3 Å². The van der Waals surface area contributed by atoms with Crippen LogP contribution in [0.25, 0.3) is 0 Å². The maximum atomic E-state index is 6.04. The van der Waals surface area contributed by atoms with Crippen molar-refractivity contribution in [1.29, 1.82) is 0 Å². The van der Waals surface area contributed by atoms with E-state index in [4.69, 9.17) is 23.2 Å². The molecule has 2 nitrogen and oxygen atoms in total. The van der Waals surface area contributed by atoms with Gasteiger partial charge in [-0.15, -0.1) is 0 Å². The standard InChI is InChI=1S/C15H16Cl2N2/c1-10(12-5-7-18-8-6-12)19-11(2)13-3-4-14(16)15(17)9-13/h3-11,19H,1-2H3. The Bertz CT molecular complexity index is 543. The van der Waals surface area contributed by atoms with Crippen LogP contribution in [0.5, 0.6) is 0 Å². The molecular formula is C15H16Cl2N2. The van der Waals surface area contributed by atoms with Crippen molar-refractivity contribution in [3.8, 4) is 0 Å². The quantitative estimate of drug-likeness (QED) is 0.876. The van der Waals surface area contributed by atoms with E-state index in [0.717, 1.165) is 5.56 Å². The summed E-state index contributed by atoms with van der Waals surface area (Å²) in [6.45, 7) is 4.24. The summed E-state index contributed by atoms with van der Waals surface area (Å²) in [5, 5.41) is 4.70. The zero-order chi connectivity index (χ0) is 13.8. The highest BCUT2D eigenvalue weighted by Gasteiger charge is 2.12. The van der Waals surface area contributed by atoms with Gasteiger partial charge in [-0.05, 0) is 49.2 Å². The minimum absolute atomic E-state index is 0.193. The van der Waals surface area contributed by atoms with Crippen molar-refractivity contribution in [1.82, 2.24) is 10.3 Å². The Kier molecular flexibility index (Phi) is 4.81. The highest BCUT2D eigenvalue weighted by molar-refractivity contribution is 6.42. The molecule has 0 amide bonds. The average Bonchev–Trinajstić information content (AvgIpc) is 2.42. The first-order valence-electron chi connectivity index (χ1n) is 6.19. The van der Waals surface area contributed by atoms with E-state index < -0.39 is 0 Å². The second kappa shape index (κ2) is 6.38. The molecule has 1 aromatic heterocycles. The van der Waals surface area contributed by atoms with Crippen molar-refractivity contribution >= 4 is 23.2 Å². The fourth-order valence-electron chi connectivity index (χ4n) is 2.00. The molecule has 0 saturated heterocycles. The van der Waals surface area contributed by atoms with Gasteiger partial charge in [-0.3, -0.25) is 4.98 Å². The van der Waals surface area contributed by atoms with Crippen LogP contribution < -0.4 is 5.32 Å². The van der Waals surface area contributed by atoms with Crippen LogP contribution >= 0.6 is 23.2 Å². The summed E-state index contributed by atoms with van der Waals surface area (Å²) >= 11 is 12.0. The Hall–Kier alpha value is -1.09. The number of nitrogens with one attached hydrogen (secondary N) is 1. The number of halogens is 2. The van der Waals surface area contributed by atoms with Gasteiger partial charge in [0.15, 0.2) is 0 Å². The van der Waals surface area contributed by atoms with E-state index in [1.165, 1.54) is 5.56 Å². The Morgan fingerprint density at radius 2 is 1.53 bits per heavy atom. The van der Waals surface area contributed by atoms with Gasteiger partial charge in [0.05, 0.1) is 10.0 Å². The predicted molar refractivity (Wildman–Crippen MR) is 80.7 cm³/mol. The van der Waals surface area contributed by atoms with Gasteiger partial charge in [-0.2, -0.15) is 0 Å².